The Morgan fingerprint density at radius 1 is 1.25 bits per heavy atom. The van der Waals surface area contributed by atoms with Gasteiger partial charge in [-0.15, -0.1) is 0 Å². The Labute approximate surface area is 118 Å². The minimum absolute atomic E-state index is 0.235. The van der Waals surface area contributed by atoms with Crippen molar-refractivity contribution in [3.8, 4) is 0 Å². The van der Waals surface area contributed by atoms with Gasteiger partial charge in [-0.3, -0.25) is 9.59 Å². The van der Waals surface area contributed by atoms with E-state index in [2.05, 4.69) is 9.46 Å². The highest BCUT2D eigenvalue weighted by atomic mass is 32.2. The quantitative estimate of drug-likeness (QED) is 0.692. The molecule has 2 atom stereocenters. The summed E-state index contributed by atoms with van der Waals surface area (Å²) in [4.78, 5) is 22.6. The minimum Gasteiger partial charge on any atom is -0.480 e. The average Bonchev–Trinajstić information content (AvgIpc) is 2.43. The molecular formula is C12H21NO6S. The van der Waals surface area contributed by atoms with Crippen molar-refractivity contribution in [2.24, 2.45) is 5.92 Å². The van der Waals surface area contributed by atoms with Crippen molar-refractivity contribution in [2.45, 2.75) is 50.3 Å². The largest absolute Gasteiger partial charge is 0.480 e. The fourth-order valence-corrected chi connectivity index (χ4v) is 3.59. The maximum Gasteiger partial charge on any atom is 0.325 e. The smallest absolute Gasteiger partial charge is 0.325 e. The number of esters is 1. The first-order valence-electron chi connectivity index (χ1n) is 6.61. The van der Waals surface area contributed by atoms with Crippen LogP contribution in [0.3, 0.4) is 0 Å². The number of carbonyl (C=O) groups excluding carboxylic acids is 1. The predicted octanol–water partition coefficient (Wildman–Crippen LogP) is 0.501. The van der Waals surface area contributed by atoms with E-state index in [0.29, 0.717) is 12.8 Å². The van der Waals surface area contributed by atoms with Crippen molar-refractivity contribution < 1.29 is 27.9 Å². The Balaban J connectivity index is 2.84. The molecule has 0 radical (unpaired) electrons. The highest BCUT2D eigenvalue weighted by Gasteiger charge is 2.37. The van der Waals surface area contributed by atoms with Crippen LogP contribution in [0, 0.1) is 5.92 Å². The van der Waals surface area contributed by atoms with Crippen LogP contribution in [0.4, 0.5) is 0 Å². The Bertz CT molecular complexity index is 455. The van der Waals surface area contributed by atoms with E-state index in [-0.39, 0.29) is 5.92 Å². The van der Waals surface area contributed by atoms with Gasteiger partial charge in [0.25, 0.3) is 0 Å². The molecular weight excluding hydrogens is 286 g/mol. The topological polar surface area (TPSA) is 110 Å². The molecule has 0 saturated heterocycles. The van der Waals surface area contributed by atoms with Gasteiger partial charge in [0, 0.05) is 0 Å². The van der Waals surface area contributed by atoms with E-state index in [1.165, 1.54) is 6.92 Å². The first-order valence-corrected chi connectivity index (χ1v) is 8.16. The molecule has 1 aliphatic carbocycles. The Morgan fingerprint density at radius 2 is 1.80 bits per heavy atom. The van der Waals surface area contributed by atoms with Crippen molar-refractivity contribution in [1.29, 1.82) is 0 Å². The summed E-state index contributed by atoms with van der Waals surface area (Å²) in [7, 11) is -2.98. The van der Waals surface area contributed by atoms with E-state index in [9.17, 15) is 23.1 Å². The van der Waals surface area contributed by atoms with Gasteiger partial charge in [-0.2, -0.15) is 4.72 Å². The maximum atomic E-state index is 12.0. The molecule has 8 heteroatoms. The van der Waals surface area contributed by atoms with Gasteiger partial charge in [-0.1, -0.05) is 19.3 Å². The number of carbonyl (C=O) groups is 2. The molecule has 0 aromatic carbocycles. The number of methoxy groups -OCH3 is 1. The average molecular weight is 307 g/mol. The van der Waals surface area contributed by atoms with Crippen molar-refractivity contribution in [1.82, 2.24) is 4.72 Å². The highest BCUT2D eigenvalue weighted by molar-refractivity contribution is 7.90. The number of sulfonamides is 1. The lowest BCUT2D eigenvalue weighted by Crippen LogP contribution is -2.50. The third kappa shape index (κ3) is 4.17. The first-order chi connectivity index (χ1) is 9.29. The number of ether oxygens (including phenoxy) is 1. The molecule has 1 aliphatic rings. The highest BCUT2D eigenvalue weighted by Crippen LogP contribution is 2.27. The standard InChI is InChI=1S/C12H21NO6S/c1-8(12(16)19-2)20(17,18)13-10(11(14)15)9-6-4-3-5-7-9/h8-10,13H,3-7H2,1-2H3,(H,14,15). The molecule has 2 unspecified atom stereocenters. The summed E-state index contributed by atoms with van der Waals surface area (Å²) in [6, 6.07) is -1.19. The number of aliphatic carboxylic acids is 1. The number of carboxylic acid groups (broad SMARTS) is 1. The number of nitrogens with one attached hydrogen (secondary N) is 1. The summed E-state index contributed by atoms with van der Waals surface area (Å²) in [6.07, 6.45) is 4.16. The molecule has 0 aliphatic heterocycles. The van der Waals surface area contributed by atoms with Crippen LogP contribution in [0.2, 0.25) is 0 Å². The Hall–Kier alpha value is -1.15. The van der Waals surface area contributed by atoms with E-state index in [1.54, 1.807) is 0 Å². The number of hydrogen-bond acceptors (Lipinski definition) is 5. The zero-order valence-electron chi connectivity index (χ0n) is 11.7. The summed E-state index contributed by atoms with van der Waals surface area (Å²) in [5, 5.41) is 7.79. The number of hydrogen-bond donors (Lipinski definition) is 2. The zero-order valence-corrected chi connectivity index (χ0v) is 12.5. The van der Waals surface area contributed by atoms with Crippen LogP contribution in [-0.2, 0) is 24.3 Å². The van der Waals surface area contributed by atoms with Crippen LogP contribution in [0.5, 0.6) is 0 Å². The lowest BCUT2D eigenvalue weighted by atomic mass is 9.84. The molecule has 0 heterocycles. The molecule has 0 spiro atoms. The van der Waals surface area contributed by atoms with Crippen LogP contribution in [0.15, 0.2) is 0 Å². The molecule has 116 valence electrons. The second-order valence-corrected chi connectivity index (χ2v) is 7.08. The van der Waals surface area contributed by atoms with Gasteiger partial charge in [0.15, 0.2) is 5.25 Å². The summed E-state index contributed by atoms with van der Waals surface area (Å²) < 4.78 is 30.6. The molecule has 1 saturated carbocycles. The van der Waals surface area contributed by atoms with Gasteiger partial charge in [0.05, 0.1) is 7.11 Å². The van der Waals surface area contributed by atoms with Gasteiger partial charge >= 0.3 is 11.9 Å². The molecule has 0 amide bonds. The molecule has 0 aromatic heterocycles. The number of carboxylic acids is 1. The molecule has 0 aromatic rings. The SMILES string of the molecule is COC(=O)C(C)S(=O)(=O)NC(C(=O)O)C1CCCCC1. The second kappa shape index (κ2) is 7.03. The summed E-state index contributed by atoms with van der Waals surface area (Å²) in [5.74, 6) is -2.36. The van der Waals surface area contributed by atoms with Crippen molar-refractivity contribution in [3.05, 3.63) is 0 Å². The van der Waals surface area contributed by atoms with E-state index in [0.717, 1.165) is 26.4 Å². The summed E-state index contributed by atoms with van der Waals surface area (Å²) in [6.45, 7) is 1.17. The monoisotopic (exact) mass is 307 g/mol. The van der Waals surface area contributed by atoms with Crippen LogP contribution in [0.1, 0.15) is 39.0 Å². The maximum absolute atomic E-state index is 12.0. The van der Waals surface area contributed by atoms with Gasteiger partial charge in [0.2, 0.25) is 10.0 Å². The van der Waals surface area contributed by atoms with Crippen LogP contribution in [0.25, 0.3) is 0 Å². The fourth-order valence-electron chi connectivity index (χ4n) is 2.39. The minimum atomic E-state index is -4.07. The van der Waals surface area contributed by atoms with Gasteiger partial charge in [0.1, 0.15) is 6.04 Å². The van der Waals surface area contributed by atoms with Crippen molar-refractivity contribution in [2.75, 3.05) is 7.11 Å². The fraction of sp³-hybridized carbons (Fsp3) is 0.833. The second-order valence-electron chi connectivity index (χ2n) is 5.04. The van der Waals surface area contributed by atoms with Gasteiger partial charge in [-0.25, -0.2) is 8.42 Å². The van der Waals surface area contributed by atoms with Gasteiger partial charge in [-0.05, 0) is 25.7 Å². The van der Waals surface area contributed by atoms with Crippen molar-refractivity contribution >= 4 is 22.0 Å². The van der Waals surface area contributed by atoms with Crippen molar-refractivity contribution in [3.63, 3.8) is 0 Å². The van der Waals surface area contributed by atoms with Crippen LogP contribution in [-0.4, -0.2) is 43.9 Å². The molecule has 2 N–H and O–H groups in total. The van der Waals surface area contributed by atoms with E-state index in [1.807, 2.05) is 0 Å². The Kier molecular flexibility index (Phi) is 5.94. The lowest BCUT2D eigenvalue weighted by molar-refractivity contribution is -0.141. The molecule has 0 bridgehead atoms. The van der Waals surface area contributed by atoms with E-state index < -0.39 is 33.3 Å². The van der Waals surface area contributed by atoms with Gasteiger partial charge < -0.3 is 9.84 Å². The molecule has 1 fully saturated rings. The van der Waals surface area contributed by atoms with E-state index >= 15 is 0 Å². The van der Waals surface area contributed by atoms with E-state index in [4.69, 9.17) is 0 Å². The number of rotatable bonds is 6. The third-order valence-corrected chi connectivity index (χ3v) is 5.38. The summed E-state index contributed by atoms with van der Waals surface area (Å²) >= 11 is 0. The first kappa shape index (κ1) is 16.9. The molecule has 7 nitrogen and oxygen atoms in total. The predicted molar refractivity (Wildman–Crippen MR) is 71.5 cm³/mol. The summed E-state index contributed by atoms with van der Waals surface area (Å²) in [5.41, 5.74) is 0. The lowest BCUT2D eigenvalue weighted by Gasteiger charge is -2.28. The van der Waals surface area contributed by atoms with Crippen LogP contribution < -0.4 is 4.72 Å². The normalized spacial score (nSPS) is 20.1. The third-order valence-electron chi connectivity index (χ3n) is 3.68. The zero-order chi connectivity index (χ0) is 15.3. The Morgan fingerprint density at radius 3 is 2.25 bits per heavy atom. The molecule has 1 rings (SSSR count). The molecule has 20 heavy (non-hydrogen) atoms. The van der Waals surface area contributed by atoms with Crippen LogP contribution >= 0.6 is 0 Å².